The van der Waals surface area contributed by atoms with E-state index in [1.54, 1.807) is 18.5 Å². The monoisotopic (exact) mass is 402 g/mol. The Labute approximate surface area is 151 Å². The number of halogens is 1. The number of carbonyl (C=O) groups excluding carboxylic acids is 1. The molecule has 4 rings (SSSR count). The van der Waals surface area contributed by atoms with Crippen LogP contribution in [0, 0.1) is 0 Å². The van der Waals surface area contributed by atoms with Gasteiger partial charge in [-0.1, -0.05) is 0 Å². The van der Waals surface area contributed by atoms with E-state index < -0.39 is 0 Å². The van der Waals surface area contributed by atoms with Crippen molar-refractivity contribution in [2.75, 3.05) is 16.8 Å². The van der Waals surface area contributed by atoms with E-state index in [1.807, 2.05) is 23.5 Å². The number of amides is 1. The van der Waals surface area contributed by atoms with Gasteiger partial charge in [-0.05, 0) is 57.6 Å². The van der Waals surface area contributed by atoms with Gasteiger partial charge in [0.15, 0.2) is 0 Å². The second-order valence-corrected chi connectivity index (χ2v) is 7.55. The van der Waals surface area contributed by atoms with E-state index in [2.05, 4.69) is 47.6 Å². The Balaban J connectivity index is 1.44. The highest BCUT2D eigenvalue weighted by atomic mass is 79.9. The van der Waals surface area contributed by atoms with Crippen LogP contribution < -0.4 is 10.2 Å². The Bertz CT molecular complexity index is 871. The van der Waals surface area contributed by atoms with Gasteiger partial charge in [-0.15, -0.1) is 11.3 Å². The molecule has 3 aromatic rings. The molecule has 4 heterocycles. The first-order chi connectivity index (χ1) is 11.7. The second kappa shape index (κ2) is 6.41. The molecule has 2 N–H and O–H groups in total. The molecule has 24 heavy (non-hydrogen) atoms. The SMILES string of the molecule is O=C(Nc1ccc(N2CCc3sccc3C2)nc1)c1cc(Br)c[nH]1. The topological polar surface area (TPSA) is 61.0 Å². The molecular weight excluding hydrogens is 388 g/mol. The Kier molecular flexibility index (Phi) is 4.12. The van der Waals surface area contributed by atoms with Crippen LogP contribution in [0.3, 0.4) is 0 Å². The van der Waals surface area contributed by atoms with Crippen LogP contribution in [0.25, 0.3) is 0 Å². The highest BCUT2D eigenvalue weighted by molar-refractivity contribution is 9.10. The number of aromatic nitrogens is 2. The van der Waals surface area contributed by atoms with Crippen molar-refractivity contribution in [1.82, 2.24) is 9.97 Å². The molecule has 0 saturated heterocycles. The van der Waals surface area contributed by atoms with Crippen LogP contribution in [0.1, 0.15) is 20.9 Å². The Morgan fingerprint density at radius 1 is 1.38 bits per heavy atom. The van der Waals surface area contributed by atoms with Gasteiger partial charge >= 0.3 is 0 Å². The van der Waals surface area contributed by atoms with E-state index >= 15 is 0 Å². The predicted molar refractivity (Wildman–Crippen MR) is 99.8 cm³/mol. The quantitative estimate of drug-likeness (QED) is 0.694. The van der Waals surface area contributed by atoms with Gasteiger partial charge in [-0.3, -0.25) is 4.79 Å². The van der Waals surface area contributed by atoms with Gasteiger partial charge in [-0.25, -0.2) is 4.98 Å². The van der Waals surface area contributed by atoms with Gasteiger partial charge in [-0.2, -0.15) is 0 Å². The molecule has 0 atom stereocenters. The van der Waals surface area contributed by atoms with Crippen LogP contribution in [-0.2, 0) is 13.0 Å². The molecule has 0 aliphatic carbocycles. The maximum absolute atomic E-state index is 12.1. The third-order valence-electron chi connectivity index (χ3n) is 4.03. The molecule has 0 fully saturated rings. The smallest absolute Gasteiger partial charge is 0.272 e. The van der Waals surface area contributed by atoms with Gasteiger partial charge in [0, 0.05) is 28.6 Å². The molecule has 7 heteroatoms. The molecule has 1 aliphatic heterocycles. The van der Waals surface area contributed by atoms with Gasteiger partial charge in [0.2, 0.25) is 0 Å². The van der Waals surface area contributed by atoms with E-state index in [1.165, 1.54) is 10.4 Å². The van der Waals surface area contributed by atoms with Crippen molar-refractivity contribution in [3.05, 3.63) is 62.6 Å². The van der Waals surface area contributed by atoms with Crippen LogP contribution in [0.2, 0.25) is 0 Å². The fraction of sp³-hybridized carbons (Fsp3) is 0.176. The Hall–Kier alpha value is -2.12. The molecule has 0 aromatic carbocycles. The zero-order valence-electron chi connectivity index (χ0n) is 12.8. The number of rotatable bonds is 3. The van der Waals surface area contributed by atoms with Crippen molar-refractivity contribution < 1.29 is 4.79 Å². The minimum absolute atomic E-state index is 0.184. The number of carbonyl (C=O) groups is 1. The predicted octanol–water partition coefficient (Wildman–Crippen LogP) is 4.05. The molecule has 5 nitrogen and oxygen atoms in total. The minimum atomic E-state index is -0.184. The molecule has 122 valence electrons. The first-order valence-electron chi connectivity index (χ1n) is 7.60. The lowest BCUT2D eigenvalue weighted by Gasteiger charge is -2.28. The number of nitrogens with zero attached hydrogens (tertiary/aromatic N) is 2. The third kappa shape index (κ3) is 3.09. The lowest BCUT2D eigenvalue weighted by atomic mass is 10.1. The van der Waals surface area contributed by atoms with Crippen molar-refractivity contribution in [3.63, 3.8) is 0 Å². The highest BCUT2D eigenvalue weighted by Gasteiger charge is 2.18. The summed E-state index contributed by atoms with van der Waals surface area (Å²) in [6, 6.07) is 7.78. The number of nitrogens with one attached hydrogen (secondary N) is 2. The van der Waals surface area contributed by atoms with Gasteiger partial charge in [0.05, 0.1) is 11.9 Å². The normalized spacial score (nSPS) is 13.6. The summed E-state index contributed by atoms with van der Waals surface area (Å²) in [6.45, 7) is 1.87. The number of hydrogen-bond acceptors (Lipinski definition) is 4. The maximum Gasteiger partial charge on any atom is 0.272 e. The lowest BCUT2D eigenvalue weighted by Crippen LogP contribution is -2.30. The zero-order chi connectivity index (χ0) is 16.5. The second-order valence-electron chi connectivity index (χ2n) is 5.63. The number of pyridine rings is 1. The summed E-state index contributed by atoms with van der Waals surface area (Å²) < 4.78 is 0.846. The number of anilines is 2. The fourth-order valence-electron chi connectivity index (χ4n) is 2.79. The maximum atomic E-state index is 12.1. The van der Waals surface area contributed by atoms with Crippen LogP contribution in [0.15, 0.2) is 46.5 Å². The average Bonchev–Trinajstić information content (AvgIpc) is 3.23. The molecule has 1 amide bonds. The largest absolute Gasteiger partial charge is 0.356 e. The number of thiophene rings is 1. The number of hydrogen-bond donors (Lipinski definition) is 2. The lowest BCUT2D eigenvalue weighted by molar-refractivity contribution is 0.102. The number of H-pyrrole nitrogens is 1. The van der Waals surface area contributed by atoms with Crippen LogP contribution in [0.5, 0.6) is 0 Å². The molecule has 0 spiro atoms. The molecule has 0 radical (unpaired) electrons. The number of aromatic amines is 1. The summed E-state index contributed by atoms with van der Waals surface area (Å²) in [5.41, 5.74) is 2.58. The van der Waals surface area contributed by atoms with Crippen molar-refractivity contribution in [3.8, 4) is 0 Å². The fourth-order valence-corrected chi connectivity index (χ4v) is 4.02. The summed E-state index contributed by atoms with van der Waals surface area (Å²) in [5, 5.41) is 4.99. The molecule has 0 bridgehead atoms. The first kappa shape index (κ1) is 15.4. The average molecular weight is 403 g/mol. The van der Waals surface area contributed by atoms with Crippen LogP contribution in [-0.4, -0.2) is 22.4 Å². The molecule has 0 unspecified atom stereocenters. The minimum Gasteiger partial charge on any atom is -0.356 e. The first-order valence-corrected chi connectivity index (χ1v) is 9.28. The van der Waals surface area contributed by atoms with E-state index in [4.69, 9.17) is 0 Å². The van der Waals surface area contributed by atoms with E-state index in [-0.39, 0.29) is 5.91 Å². The molecule has 1 aliphatic rings. The third-order valence-corrected chi connectivity index (χ3v) is 5.51. The van der Waals surface area contributed by atoms with E-state index in [0.29, 0.717) is 11.4 Å². The summed E-state index contributed by atoms with van der Waals surface area (Å²) in [4.78, 5) is 23.3. The summed E-state index contributed by atoms with van der Waals surface area (Å²) in [7, 11) is 0. The van der Waals surface area contributed by atoms with E-state index in [9.17, 15) is 4.79 Å². The molecule has 0 saturated carbocycles. The summed E-state index contributed by atoms with van der Waals surface area (Å²) in [5.74, 6) is 0.753. The van der Waals surface area contributed by atoms with Crippen molar-refractivity contribution >= 4 is 44.7 Å². The standard InChI is InChI=1S/C17H15BrN4OS/c18-12-7-14(19-8-12)17(23)21-13-1-2-16(20-9-13)22-5-3-15-11(10-22)4-6-24-15/h1-2,4,6-9,19H,3,5,10H2,(H,21,23). The van der Waals surface area contributed by atoms with Crippen molar-refractivity contribution in [1.29, 1.82) is 0 Å². The van der Waals surface area contributed by atoms with Gasteiger partial charge in [0.1, 0.15) is 11.5 Å². The molecule has 3 aromatic heterocycles. The summed E-state index contributed by atoms with van der Waals surface area (Å²) in [6.07, 6.45) is 4.49. The van der Waals surface area contributed by atoms with Crippen molar-refractivity contribution in [2.24, 2.45) is 0 Å². The van der Waals surface area contributed by atoms with Crippen LogP contribution >= 0.6 is 27.3 Å². The highest BCUT2D eigenvalue weighted by Crippen LogP contribution is 2.27. The van der Waals surface area contributed by atoms with Gasteiger partial charge in [0.25, 0.3) is 5.91 Å². The zero-order valence-corrected chi connectivity index (χ0v) is 15.2. The van der Waals surface area contributed by atoms with Crippen molar-refractivity contribution in [2.45, 2.75) is 13.0 Å². The Morgan fingerprint density at radius 2 is 2.29 bits per heavy atom. The van der Waals surface area contributed by atoms with Gasteiger partial charge < -0.3 is 15.2 Å². The van der Waals surface area contributed by atoms with Crippen LogP contribution in [0.4, 0.5) is 11.5 Å². The Morgan fingerprint density at radius 3 is 3.04 bits per heavy atom. The molecular formula is C17H15BrN4OS. The van der Waals surface area contributed by atoms with E-state index in [0.717, 1.165) is 29.8 Å². The summed E-state index contributed by atoms with van der Waals surface area (Å²) >= 11 is 5.15. The number of fused-ring (bicyclic) bond motifs is 1.